The predicted octanol–water partition coefficient (Wildman–Crippen LogP) is 0.458. The molecular formula is C13H17NO5. The molecule has 0 aliphatic carbocycles. The summed E-state index contributed by atoms with van der Waals surface area (Å²) in [5.41, 5.74) is 0. The molecule has 0 rings (SSSR count). The van der Waals surface area contributed by atoms with Gasteiger partial charge in [0.05, 0.1) is 6.04 Å². The molecule has 0 bridgehead atoms. The molecule has 19 heavy (non-hydrogen) atoms. The minimum absolute atomic E-state index is 0.120. The lowest BCUT2D eigenvalue weighted by molar-refractivity contribution is -0.147. The molecule has 1 amide bonds. The second-order valence-corrected chi connectivity index (χ2v) is 3.48. The number of carbonyl (C=O) groups excluding carboxylic acids is 3. The van der Waals surface area contributed by atoms with Crippen molar-refractivity contribution >= 4 is 17.8 Å². The minimum Gasteiger partial charge on any atom is -0.460 e. The Morgan fingerprint density at radius 1 is 1.00 bits per heavy atom. The summed E-state index contributed by atoms with van der Waals surface area (Å²) >= 11 is 0. The monoisotopic (exact) mass is 267 g/mol. The lowest BCUT2D eigenvalue weighted by Crippen LogP contribution is -2.43. The van der Waals surface area contributed by atoms with Crippen molar-refractivity contribution in [2.75, 3.05) is 20.3 Å². The van der Waals surface area contributed by atoms with E-state index in [1.54, 1.807) is 0 Å². The Morgan fingerprint density at radius 2 is 1.42 bits per heavy atom. The maximum atomic E-state index is 11.5. The highest BCUT2D eigenvalue weighted by molar-refractivity contribution is 5.87. The van der Waals surface area contributed by atoms with Crippen LogP contribution in [0.5, 0.6) is 0 Å². The summed E-state index contributed by atoms with van der Waals surface area (Å²) in [6.07, 6.45) is 3.11. The van der Waals surface area contributed by atoms with Crippen molar-refractivity contribution in [3.8, 4) is 0 Å². The Bertz CT molecular complexity index is 364. The number of hydrogen-bond acceptors (Lipinski definition) is 5. The average Bonchev–Trinajstić information content (AvgIpc) is 2.44. The molecule has 0 N–H and O–H groups in total. The number of nitrogens with zero attached hydrogens (tertiary/aromatic N) is 1. The number of carbonyl (C=O) groups is 3. The molecule has 0 unspecified atom stereocenters. The van der Waals surface area contributed by atoms with Crippen LogP contribution in [0.2, 0.25) is 0 Å². The summed E-state index contributed by atoms with van der Waals surface area (Å²) in [5, 5.41) is 0. The third-order valence-corrected chi connectivity index (χ3v) is 2.24. The Kier molecular flexibility index (Phi) is 7.60. The van der Waals surface area contributed by atoms with E-state index >= 15 is 0 Å². The van der Waals surface area contributed by atoms with Crippen LogP contribution in [0.25, 0.3) is 0 Å². The highest BCUT2D eigenvalue weighted by Crippen LogP contribution is 2.02. The van der Waals surface area contributed by atoms with E-state index in [-0.39, 0.29) is 19.1 Å². The van der Waals surface area contributed by atoms with Crippen LogP contribution < -0.4 is 0 Å². The summed E-state index contributed by atoms with van der Waals surface area (Å²) in [5.74, 6) is -1.63. The Labute approximate surface area is 112 Å². The third-order valence-electron chi connectivity index (χ3n) is 2.24. The number of likely N-dealkylation sites (N-methyl/N-ethyl adjacent to an activating group) is 1. The van der Waals surface area contributed by atoms with Gasteiger partial charge in [0.1, 0.15) is 13.2 Å². The molecule has 0 saturated carbocycles. The second kappa shape index (κ2) is 8.68. The first-order valence-corrected chi connectivity index (χ1v) is 5.43. The molecule has 0 aromatic carbocycles. The molecule has 6 heteroatoms. The van der Waals surface area contributed by atoms with Gasteiger partial charge >= 0.3 is 11.9 Å². The van der Waals surface area contributed by atoms with Crippen LogP contribution in [0.4, 0.5) is 0 Å². The van der Waals surface area contributed by atoms with E-state index in [1.807, 2.05) is 0 Å². The summed E-state index contributed by atoms with van der Waals surface area (Å²) in [7, 11) is 1.48. The lowest BCUT2D eigenvalue weighted by atomic mass is 10.3. The summed E-state index contributed by atoms with van der Waals surface area (Å²) in [6.45, 7) is 9.61. The zero-order valence-corrected chi connectivity index (χ0v) is 10.8. The Morgan fingerprint density at radius 3 is 1.74 bits per heavy atom. The van der Waals surface area contributed by atoms with Gasteiger partial charge in [-0.05, 0) is 6.08 Å². The van der Waals surface area contributed by atoms with E-state index in [2.05, 4.69) is 19.7 Å². The van der Waals surface area contributed by atoms with Crippen LogP contribution in [0.3, 0.4) is 0 Å². The van der Waals surface area contributed by atoms with Gasteiger partial charge in [-0.1, -0.05) is 19.7 Å². The molecule has 0 aromatic heterocycles. The molecular weight excluding hydrogens is 250 g/mol. The number of esters is 2. The van der Waals surface area contributed by atoms with Crippen molar-refractivity contribution in [3.05, 3.63) is 38.0 Å². The van der Waals surface area contributed by atoms with Gasteiger partial charge < -0.3 is 14.4 Å². The highest BCUT2D eigenvalue weighted by Gasteiger charge is 2.21. The first-order chi connectivity index (χ1) is 8.96. The van der Waals surface area contributed by atoms with Gasteiger partial charge in [0, 0.05) is 19.2 Å². The molecule has 0 aromatic rings. The van der Waals surface area contributed by atoms with Crippen molar-refractivity contribution in [3.63, 3.8) is 0 Å². The maximum Gasteiger partial charge on any atom is 0.330 e. The van der Waals surface area contributed by atoms with Crippen molar-refractivity contribution in [1.29, 1.82) is 0 Å². The summed E-state index contributed by atoms with van der Waals surface area (Å²) in [6, 6.07) is -0.613. The van der Waals surface area contributed by atoms with E-state index in [0.717, 1.165) is 18.2 Å². The predicted molar refractivity (Wildman–Crippen MR) is 69.1 cm³/mol. The minimum atomic E-state index is -0.625. The van der Waals surface area contributed by atoms with Crippen molar-refractivity contribution in [2.24, 2.45) is 0 Å². The smallest absolute Gasteiger partial charge is 0.330 e. The van der Waals surface area contributed by atoms with E-state index in [9.17, 15) is 14.4 Å². The average molecular weight is 267 g/mol. The number of hydrogen-bond donors (Lipinski definition) is 0. The van der Waals surface area contributed by atoms with Crippen LogP contribution in [-0.2, 0) is 23.9 Å². The molecule has 0 aliphatic rings. The van der Waals surface area contributed by atoms with E-state index in [1.165, 1.54) is 11.9 Å². The molecule has 0 heterocycles. The number of ether oxygens (including phenoxy) is 2. The molecule has 0 saturated heterocycles. The van der Waals surface area contributed by atoms with Gasteiger partial charge in [-0.25, -0.2) is 9.59 Å². The van der Waals surface area contributed by atoms with Gasteiger partial charge in [-0.3, -0.25) is 4.79 Å². The van der Waals surface area contributed by atoms with Gasteiger partial charge in [0.15, 0.2) is 0 Å². The van der Waals surface area contributed by atoms with Gasteiger partial charge in [-0.15, -0.1) is 0 Å². The normalized spacial score (nSPS) is 9.37. The van der Waals surface area contributed by atoms with Crippen molar-refractivity contribution in [1.82, 2.24) is 4.90 Å². The number of amides is 1. The molecule has 104 valence electrons. The fourth-order valence-corrected chi connectivity index (χ4v) is 1.07. The van der Waals surface area contributed by atoms with Gasteiger partial charge in [0.25, 0.3) is 0 Å². The largest absolute Gasteiger partial charge is 0.460 e. The molecule has 0 aliphatic heterocycles. The van der Waals surface area contributed by atoms with Gasteiger partial charge in [0.2, 0.25) is 5.91 Å². The zero-order chi connectivity index (χ0) is 14.8. The topological polar surface area (TPSA) is 72.9 Å². The maximum absolute atomic E-state index is 11.5. The molecule has 0 spiro atoms. The number of rotatable bonds is 8. The van der Waals surface area contributed by atoms with Crippen LogP contribution in [0.15, 0.2) is 38.0 Å². The first kappa shape index (κ1) is 16.6. The summed E-state index contributed by atoms with van der Waals surface area (Å²) < 4.78 is 9.67. The molecule has 0 fully saturated rings. The van der Waals surface area contributed by atoms with Crippen LogP contribution >= 0.6 is 0 Å². The SMILES string of the molecule is C=CC(=O)OCC(COC(=O)C=C)N(C)C(=O)C=C. The van der Waals surface area contributed by atoms with Crippen LogP contribution in [0.1, 0.15) is 0 Å². The van der Waals surface area contributed by atoms with Crippen molar-refractivity contribution in [2.45, 2.75) is 6.04 Å². The quantitative estimate of drug-likeness (QED) is 0.472. The summed E-state index contributed by atoms with van der Waals surface area (Å²) in [4.78, 5) is 34.7. The van der Waals surface area contributed by atoms with E-state index in [0.29, 0.717) is 0 Å². The third kappa shape index (κ3) is 6.21. The standard InChI is InChI=1S/C13H17NO5/c1-5-11(15)14(4)10(8-18-12(16)6-2)9-19-13(17)7-3/h5-7,10H,1-3,8-9H2,4H3. The Hall–Kier alpha value is -2.37. The second-order valence-electron chi connectivity index (χ2n) is 3.48. The molecule has 0 atom stereocenters. The van der Waals surface area contributed by atoms with E-state index < -0.39 is 18.0 Å². The van der Waals surface area contributed by atoms with Crippen LogP contribution in [-0.4, -0.2) is 49.0 Å². The fraction of sp³-hybridized carbons (Fsp3) is 0.308. The van der Waals surface area contributed by atoms with E-state index in [4.69, 9.17) is 9.47 Å². The first-order valence-electron chi connectivity index (χ1n) is 5.43. The lowest BCUT2D eigenvalue weighted by Gasteiger charge is -2.26. The molecule has 6 nitrogen and oxygen atoms in total. The molecule has 0 radical (unpaired) electrons. The zero-order valence-electron chi connectivity index (χ0n) is 10.8. The van der Waals surface area contributed by atoms with Crippen LogP contribution in [0, 0.1) is 0 Å². The van der Waals surface area contributed by atoms with Crippen molar-refractivity contribution < 1.29 is 23.9 Å². The fourth-order valence-electron chi connectivity index (χ4n) is 1.07. The Balaban J connectivity index is 4.61. The van der Waals surface area contributed by atoms with Gasteiger partial charge in [-0.2, -0.15) is 0 Å². The highest BCUT2D eigenvalue weighted by atomic mass is 16.5.